The van der Waals surface area contributed by atoms with Crippen molar-refractivity contribution >= 4 is 11.9 Å². The summed E-state index contributed by atoms with van der Waals surface area (Å²) in [7, 11) is 3.88. The number of likely N-dealkylation sites (N-methyl/N-ethyl adjacent to an activating group) is 1. The minimum Gasteiger partial charge on any atom is -0.462 e. The number of hydrogen-bond donors (Lipinski definition) is 2. The van der Waals surface area contributed by atoms with Crippen LogP contribution in [0.2, 0.25) is 0 Å². The van der Waals surface area contributed by atoms with Gasteiger partial charge in [0.2, 0.25) is 6.29 Å². The number of esters is 1. The highest BCUT2D eigenvalue weighted by molar-refractivity contribution is 5.88. The number of ether oxygens (including phenoxy) is 4. The summed E-state index contributed by atoms with van der Waals surface area (Å²) in [6.45, 7) is 2.69. The summed E-state index contributed by atoms with van der Waals surface area (Å²) < 4.78 is 37.2. The number of H-pyrrole nitrogens is 1. The number of nitrogens with one attached hydrogen (secondary N) is 1. The molecule has 0 unspecified atom stereocenters. The molecule has 12 nitrogen and oxygen atoms in total. The summed E-state index contributed by atoms with van der Waals surface area (Å²) in [5.74, 6) is -1.27. The number of hydrogen-bond acceptors (Lipinski definition) is 10. The van der Waals surface area contributed by atoms with Gasteiger partial charge in [-0.05, 0) is 77.0 Å². The van der Waals surface area contributed by atoms with Gasteiger partial charge in [-0.1, -0.05) is 6.42 Å². The molecule has 1 saturated carbocycles. The maximum absolute atomic E-state index is 13.7. The lowest BCUT2D eigenvalue weighted by Gasteiger charge is -2.39. The van der Waals surface area contributed by atoms with Crippen molar-refractivity contribution in [3.05, 3.63) is 48.2 Å². The van der Waals surface area contributed by atoms with Gasteiger partial charge in [0.1, 0.15) is 17.8 Å². The summed E-state index contributed by atoms with van der Waals surface area (Å²) >= 11 is 0. The highest BCUT2D eigenvalue weighted by Gasteiger charge is 2.48. The number of nitrogens with zero attached hydrogens (tertiary/aromatic N) is 4. The number of aromatic nitrogens is 4. The monoisotopic (exact) mass is 596 g/mol. The first-order valence-corrected chi connectivity index (χ1v) is 14.3. The third kappa shape index (κ3) is 6.84. The van der Waals surface area contributed by atoms with E-state index in [2.05, 4.69) is 15.0 Å². The number of benzene rings is 1. The lowest BCUT2D eigenvalue weighted by atomic mass is 9.83. The summed E-state index contributed by atoms with van der Waals surface area (Å²) in [6, 6.07) is 7.83. The normalized spacial score (nSPS) is 21.8. The molecule has 1 amide bonds. The van der Waals surface area contributed by atoms with Gasteiger partial charge in [0.25, 0.3) is 5.91 Å². The Bertz CT molecular complexity index is 1430. The molecule has 0 bridgehead atoms. The number of halogens is 1. The minimum absolute atomic E-state index is 0.0371. The van der Waals surface area contributed by atoms with E-state index in [4.69, 9.17) is 29.7 Å². The maximum Gasteiger partial charge on any atom is 0.317 e. The van der Waals surface area contributed by atoms with Crippen LogP contribution >= 0.6 is 0 Å². The number of carbonyl (C=O) groups excluding carboxylic acids is 2. The lowest BCUT2D eigenvalue weighted by molar-refractivity contribution is -0.243. The van der Waals surface area contributed by atoms with E-state index >= 15 is 0 Å². The van der Waals surface area contributed by atoms with E-state index in [9.17, 15) is 14.0 Å². The van der Waals surface area contributed by atoms with Crippen LogP contribution < -0.4 is 10.5 Å². The van der Waals surface area contributed by atoms with Gasteiger partial charge in [-0.2, -0.15) is 4.98 Å². The van der Waals surface area contributed by atoms with Gasteiger partial charge in [-0.15, -0.1) is 0 Å². The van der Waals surface area contributed by atoms with Crippen LogP contribution in [0.3, 0.4) is 0 Å². The number of imidazole rings is 1. The van der Waals surface area contributed by atoms with Crippen LogP contribution in [-0.4, -0.2) is 82.8 Å². The number of aromatic amines is 1. The molecule has 2 fully saturated rings. The van der Waals surface area contributed by atoms with Crippen molar-refractivity contribution in [2.45, 2.75) is 50.9 Å². The van der Waals surface area contributed by atoms with Crippen LogP contribution in [0, 0.1) is 11.2 Å². The summed E-state index contributed by atoms with van der Waals surface area (Å²) in [5, 5.41) is 0. The number of nitrogens with two attached hydrogens (primary N) is 1. The van der Waals surface area contributed by atoms with Crippen molar-refractivity contribution in [3.8, 4) is 28.7 Å². The van der Waals surface area contributed by atoms with E-state index < -0.39 is 29.2 Å². The molecule has 3 heterocycles. The summed E-state index contributed by atoms with van der Waals surface area (Å²) in [5.41, 5.74) is 5.36. The molecule has 1 aliphatic carbocycles. The van der Waals surface area contributed by atoms with Gasteiger partial charge in [0.15, 0.2) is 11.4 Å². The molecule has 3 N–H and O–H groups in total. The Morgan fingerprint density at radius 3 is 2.44 bits per heavy atom. The van der Waals surface area contributed by atoms with Crippen molar-refractivity contribution in [2.75, 3.05) is 40.5 Å². The van der Waals surface area contributed by atoms with Crippen LogP contribution in [0.1, 0.15) is 51.1 Å². The van der Waals surface area contributed by atoms with E-state index in [0.717, 1.165) is 19.3 Å². The lowest BCUT2D eigenvalue weighted by Crippen LogP contribution is -2.53. The second kappa shape index (κ2) is 12.7. The second-order valence-electron chi connectivity index (χ2n) is 11.6. The van der Waals surface area contributed by atoms with Gasteiger partial charge in [0, 0.05) is 18.3 Å². The molecule has 2 aromatic heterocycles. The molecule has 0 atom stereocenters. The molecule has 0 spiro atoms. The van der Waals surface area contributed by atoms with E-state index in [-0.39, 0.29) is 25.0 Å². The van der Waals surface area contributed by atoms with Crippen molar-refractivity contribution in [3.63, 3.8) is 0 Å². The molecule has 13 heteroatoms. The van der Waals surface area contributed by atoms with Gasteiger partial charge >= 0.3 is 12.0 Å². The molecule has 0 radical (unpaired) electrons. The Morgan fingerprint density at radius 1 is 1.09 bits per heavy atom. The number of carbonyl (C=O) groups is 2. The predicted octanol–water partition coefficient (Wildman–Crippen LogP) is 3.40. The zero-order valence-electron chi connectivity index (χ0n) is 24.6. The standard InChI is InChI=1S/C30H37FN6O6/c1-29(27(39)43-30(26(32)38)12-5-4-6-13-30)17-41-25(42-18-29)24-35-22(19-7-9-20(31)10-8-19)23(36-24)21-11-14-33-28(34-21)40-16-15-37(2)3/h7-11,14,25H,4-6,12-13,15-18H2,1-3H3,(H2,32,38)(H,35,36). The fourth-order valence-electron chi connectivity index (χ4n) is 5.08. The number of amides is 1. The van der Waals surface area contributed by atoms with E-state index in [1.165, 1.54) is 12.1 Å². The third-order valence-electron chi connectivity index (χ3n) is 7.72. The summed E-state index contributed by atoms with van der Waals surface area (Å²) in [6.07, 6.45) is 3.93. The molecule has 230 valence electrons. The van der Waals surface area contributed by atoms with Crippen LogP contribution in [0.15, 0.2) is 36.5 Å². The molecule has 1 aliphatic heterocycles. The highest BCUT2D eigenvalue weighted by Crippen LogP contribution is 2.38. The van der Waals surface area contributed by atoms with Crippen LogP contribution in [0.25, 0.3) is 22.6 Å². The minimum atomic E-state index is -1.30. The fourth-order valence-corrected chi connectivity index (χ4v) is 5.08. The predicted molar refractivity (Wildman–Crippen MR) is 153 cm³/mol. The third-order valence-corrected chi connectivity index (χ3v) is 7.72. The van der Waals surface area contributed by atoms with Crippen molar-refractivity contribution < 1.29 is 32.9 Å². The Labute approximate surface area is 249 Å². The first-order valence-electron chi connectivity index (χ1n) is 14.3. The molecular formula is C30H37FN6O6. The van der Waals surface area contributed by atoms with Crippen molar-refractivity contribution in [1.29, 1.82) is 0 Å². The first kappa shape index (κ1) is 30.5. The van der Waals surface area contributed by atoms with Gasteiger partial charge < -0.3 is 34.6 Å². The van der Waals surface area contributed by atoms with Gasteiger partial charge in [-0.3, -0.25) is 9.59 Å². The molecular weight excluding hydrogens is 559 g/mol. The molecule has 43 heavy (non-hydrogen) atoms. The first-order chi connectivity index (χ1) is 20.6. The SMILES string of the molecule is CN(C)CCOc1nccc(-c2[nH]c(C3OCC(C)(C(=O)OC4(C(N)=O)CCCCC4)CO3)nc2-c2ccc(F)cc2)n1. The Morgan fingerprint density at radius 2 is 1.79 bits per heavy atom. The smallest absolute Gasteiger partial charge is 0.317 e. The number of primary amides is 1. The van der Waals surface area contributed by atoms with Crippen molar-refractivity contribution in [2.24, 2.45) is 11.1 Å². The Hall–Kier alpha value is -3.94. The van der Waals surface area contributed by atoms with Crippen LogP contribution in [0.5, 0.6) is 6.01 Å². The molecule has 1 aromatic carbocycles. The van der Waals surface area contributed by atoms with Crippen molar-refractivity contribution in [1.82, 2.24) is 24.8 Å². The van der Waals surface area contributed by atoms with Crippen LogP contribution in [0.4, 0.5) is 4.39 Å². The Kier molecular flexibility index (Phi) is 9.04. The van der Waals surface area contributed by atoms with E-state index in [0.29, 0.717) is 54.5 Å². The Balaban J connectivity index is 1.36. The van der Waals surface area contributed by atoms with E-state index in [1.54, 1.807) is 31.3 Å². The zero-order chi connectivity index (χ0) is 30.6. The average Bonchev–Trinajstić information content (AvgIpc) is 3.44. The van der Waals surface area contributed by atoms with Gasteiger partial charge in [-0.25, -0.2) is 14.4 Å². The number of rotatable bonds is 10. The maximum atomic E-state index is 13.7. The molecule has 2 aliphatic rings. The highest BCUT2D eigenvalue weighted by atomic mass is 19.1. The van der Waals surface area contributed by atoms with Crippen LogP contribution in [-0.2, 0) is 23.8 Å². The molecule has 5 rings (SSSR count). The summed E-state index contributed by atoms with van der Waals surface area (Å²) in [4.78, 5) is 44.2. The topological polar surface area (TPSA) is 155 Å². The van der Waals surface area contributed by atoms with E-state index in [1.807, 2.05) is 19.0 Å². The molecule has 3 aromatic rings. The largest absolute Gasteiger partial charge is 0.462 e. The quantitative estimate of drug-likeness (QED) is 0.333. The second-order valence-corrected chi connectivity index (χ2v) is 11.6. The average molecular weight is 597 g/mol. The zero-order valence-corrected chi connectivity index (χ0v) is 24.6. The molecule has 1 saturated heterocycles. The fraction of sp³-hybridized carbons (Fsp3) is 0.500. The van der Waals surface area contributed by atoms with Gasteiger partial charge in [0.05, 0.1) is 30.3 Å².